The van der Waals surface area contributed by atoms with E-state index in [1.54, 1.807) is 66.7 Å². The van der Waals surface area contributed by atoms with Gasteiger partial charge in [0, 0.05) is 33.5 Å². The number of benzene rings is 5. The average Bonchev–Trinajstić information content (AvgIpc) is 3.97. The van der Waals surface area contributed by atoms with Crippen LogP contribution in [0.3, 0.4) is 0 Å². The topological polar surface area (TPSA) is 45.0 Å². The Morgan fingerprint density at radius 3 is 1.27 bits per heavy atom. The van der Waals surface area contributed by atoms with Crippen LogP contribution in [0.4, 0.5) is 43.9 Å². The summed E-state index contributed by atoms with van der Waals surface area (Å²) in [5.74, 6) is -11.1. The number of aliphatic imine (C=N–C) groups is 1. The number of nitrogens with zero attached hydrogens (tertiary/aromatic N) is 2. The van der Waals surface area contributed by atoms with Crippen molar-refractivity contribution in [1.29, 1.82) is 0 Å². The van der Waals surface area contributed by atoms with Gasteiger partial charge in [0.05, 0.1) is 24.2 Å². The molecule has 0 unspecified atom stereocenters. The van der Waals surface area contributed by atoms with Crippen LogP contribution in [0.2, 0.25) is 0 Å². The summed E-state index contributed by atoms with van der Waals surface area (Å²) in [4.78, 5) is 5.36. The minimum atomic E-state index is -6.24. The van der Waals surface area contributed by atoms with Gasteiger partial charge in [-0.3, -0.25) is 0 Å². The monoisotopic (exact) mass is 1090 g/mol. The molecule has 0 atom stereocenters. The lowest BCUT2D eigenvalue weighted by Gasteiger charge is -2.28. The Labute approximate surface area is 451 Å². The molecule has 0 bridgehead atoms. The lowest BCUT2D eigenvalue weighted by atomic mass is 9.84. The van der Waals surface area contributed by atoms with E-state index < -0.39 is 50.1 Å². The van der Waals surface area contributed by atoms with E-state index in [1.807, 2.05) is 108 Å². The molecule has 0 N–H and O–H groups in total. The number of methoxy groups -OCH3 is 1. The molecule has 1 aliphatic rings. The van der Waals surface area contributed by atoms with Crippen LogP contribution in [-0.2, 0) is 31.0 Å². The third-order valence-corrected chi connectivity index (χ3v) is 13.7. The Morgan fingerprint density at radius 1 is 0.487 bits per heavy atom. The predicted octanol–water partition coefficient (Wildman–Crippen LogP) is 17.6. The van der Waals surface area contributed by atoms with Gasteiger partial charge in [-0.2, -0.15) is 43.9 Å². The van der Waals surface area contributed by atoms with E-state index >= 15 is 17.6 Å². The second kappa shape index (κ2) is 21.3. The first-order valence-electron chi connectivity index (χ1n) is 25.4. The fourth-order valence-electron chi connectivity index (χ4n) is 8.93. The number of allylic oxidation sites excluding steroid dienone is 2. The van der Waals surface area contributed by atoms with Crippen molar-refractivity contribution >= 4 is 24.1 Å². The molecular weight excluding hydrogens is 1020 g/mol. The first-order valence-corrected chi connectivity index (χ1v) is 25.4. The molecule has 0 spiro atoms. The summed E-state index contributed by atoms with van der Waals surface area (Å²) in [6.45, 7) is 19.1. The van der Waals surface area contributed by atoms with Gasteiger partial charge in [0.1, 0.15) is 19.0 Å². The van der Waals surface area contributed by atoms with Gasteiger partial charge >= 0.3 is 31.5 Å². The fourth-order valence-corrected chi connectivity index (χ4v) is 8.93. The standard InChI is InChI=1S/C62H65BF10N2O3/c1-55(2,3)42-26-18-38(19-27-42)47-34-49(40-22-30-44(31-23-40)57(7,8)9)74-53(47)52(46-16-14-15-17-51(46)76-13)54-48(39-20-28-43(29-21-39)56(4,5)6)35-50(41-24-32-45(33-25-41)58(10,11)12)75(54)63(77-36-59(64,65)61(68,69)70)78-37-60(66,67)62(71,72)73/h14-35H,36-37H2,1-13H3/b53-52-. The maximum Gasteiger partial charge on any atom is 0.598 e. The molecule has 0 fully saturated rings. The molecule has 414 valence electrons. The van der Waals surface area contributed by atoms with Crippen molar-refractivity contribution in [3.63, 3.8) is 0 Å². The highest BCUT2D eigenvalue weighted by molar-refractivity contribution is 6.44. The minimum absolute atomic E-state index is 0.0796. The number of hydrogen-bond acceptors (Lipinski definition) is 4. The Balaban J connectivity index is 1.73. The van der Waals surface area contributed by atoms with Gasteiger partial charge in [0.2, 0.25) is 0 Å². The largest absolute Gasteiger partial charge is 0.598 e. The van der Waals surface area contributed by atoms with Gasteiger partial charge in [-0.05, 0) is 78.8 Å². The molecule has 0 radical (unpaired) electrons. The zero-order chi connectivity index (χ0) is 57.8. The summed E-state index contributed by atoms with van der Waals surface area (Å²) < 4.78 is 164. The summed E-state index contributed by atoms with van der Waals surface area (Å²) in [5.41, 5.74) is 5.80. The lowest BCUT2D eigenvalue weighted by Crippen LogP contribution is -2.48. The van der Waals surface area contributed by atoms with Crippen molar-refractivity contribution in [2.24, 2.45) is 4.99 Å². The second-order valence-electron chi connectivity index (χ2n) is 23.8. The van der Waals surface area contributed by atoms with E-state index in [0.29, 0.717) is 28.0 Å². The molecule has 7 rings (SSSR count). The van der Waals surface area contributed by atoms with Gasteiger partial charge in [-0.15, -0.1) is 0 Å². The number of para-hydroxylation sites is 1. The molecule has 5 nitrogen and oxygen atoms in total. The van der Waals surface area contributed by atoms with Gasteiger partial charge < -0.3 is 18.5 Å². The Bertz CT molecular complexity index is 3170. The van der Waals surface area contributed by atoms with Crippen molar-refractivity contribution in [2.45, 2.75) is 129 Å². The normalized spacial score (nSPS) is 14.9. The van der Waals surface area contributed by atoms with Crippen LogP contribution in [0.15, 0.2) is 144 Å². The summed E-state index contributed by atoms with van der Waals surface area (Å²) >= 11 is 0. The van der Waals surface area contributed by atoms with E-state index in [1.165, 1.54) is 7.11 Å². The molecule has 0 saturated heterocycles. The van der Waals surface area contributed by atoms with E-state index in [2.05, 4.69) is 41.5 Å². The second-order valence-corrected chi connectivity index (χ2v) is 23.8. The van der Waals surface area contributed by atoms with Gasteiger partial charge in [0.25, 0.3) is 0 Å². The number of halogens is 10. The van der Waals surface area contributed by atoms with Crippen molar-refractivity contribution in [1.82, 2.24) is 4.48 Å². The van der Waals surface area contributed by atoms with Crippen LogP contribution in [-0.4, -0.2) is 62.0 Å². The van der Waals surface area contributed by atoms with Crippen molar-refractivity contribution in [3.8, 4) is 28.1 Å². The summed E-state index contributed by atoms with van der Waals surface area (Å²) in [6.07, 6.45) is -10.6. The quantitative estimate of drug-likeness (QED) is 0.0806. The van der Waals surface area contributed by atoms with Crippen LogP contribution in [0, 0.1) is 0 Å². The van der Waals surface area contributed by atoms with Gasteiger partial charge in [-0.1, -0.05) is 198 Å². The number of hydrogen-bond donors (Lipinski definition) is 0. The molecule has 16 heteroatoms. The highest BCUT2D eigenvalue weighted by Crippen LogP contribution is 2.49. The van der Waals surface area contributed by atoms with Crippen molar-refractivity contribution < 1.29 is 57.9 Å². The molecule has 0 amide bonds. The van der Waals surface area contributed by atoms with Gasteiger partial charge in [0.15, 0.2) is 0 Å². The molecule has 78 heavy (non-hydrogen) atoms. The van der Waals surface area contributed by atoms with E-state index in [9.17, 15) is 26.3 Å². The predicted molar refractivity (Wildman–Crippen MR) is 292 cm³/mol. The zero-order valence-corrected chi connectivity index (χ0v) is 46.1. The van der Waals surface area contributed by atoms with Crippen molar-refractivity contribution in [2.75, 3.05) is 20.3 Å². The molecule has 5 aromatic carbocycles. The lowest BCUT2D eigenvalue weighted by molar-refractivity contribution is -0.295. The fraction of sp³-hybridized carbons (Fsp3) is 0.371. The number of aromatic nitrogens is 1. The van der Waals surface area contributed by atoms with Crippen LogP contribution in [0.5, 0.6) is 5.75 Å². The molecule has 0 saturated carbocycles. The molecule has 1 aliphatic heterocycles. The summed E-state index contributed by atoms with van der Waals surface area (Å²) in [7, 11) is -1.45. The number of ether oxygens (including phenoxy) is 1. The third-order valence-electron chi connectivity index (χ3n) is 13.7. The first kappa shape index (κ1) is 59.3. The van der Waals surface area contributed by atoms with Crippen molar-refractivity contribution in [3.05, 3.63) is 184 Å². The van der Waals surface area contributed by atoms with Crippen LogP contribution >= 0.6 is 0 Å². The van der Waals surface area contributed by atoms with E-state index in [4.69, 9.17) is 19.0 Å². The van der Waals surface area contributed by atoms with Crippen LogP contribution < -0.4 is 4.74 Å². The highest BCUT2D eigenvalue weighted by atomic mass is 19.4. The Kier molecular flexibility index (Phi) is 16.2. The Morgan fingerprint density at radius 2 is 0.872 bits per heavy atom. The number of rotatable bonds is 14. The van der Waals surface area contributed by atoms with E-state index in [-0.39, 0.29) is 61.3 Å². The maximum absolute atomic E-state index is 15.3. The molecular formula is C62H65BF10N2O3. The molecule has 2 heterocycles. The average molecular weight is 1090 g/mol. The number of alkyl halides is 10. The SMILES string of the molecule is COc1ccccc1/C(=C1/N=C(c2ccc(C(C)(C)C)cc2)C=C1c1ccc(C(C)(C)C)cc1)c1c(-c2ccc(C(C)(C)C)cc2)cc(-c2ccc(C(C)(C)C)cc2)n1B(OCC(F)(F)C(F)(F)F)OCC(F)(F)C(F)(F)F. The van der Waals surface area contributed by atoms with Crippen LogP contribution in [0.25, 0.3) is 33.5 Å². The summed E-state index contributed by atoms with van der Waals surface area (Å²) in [6, 6.07) is 37.6. The summed E-state index contributed by atoms with van der Waals surface area (Å²) in [5, 5.41) is 0. The maximum atomic E-state index is 15.3. The molecule has 0 aliphatic carbocycles. The minimum Gasteiger partial charge on any atom is -0.496 e. The smallest absolute Gasteiger partial charge is 0.496 e. The third kappa shape index (κ3) is 12.7. The Hall–Kier alpha value is -6.39. The highest BCUT2D eigenvalue weighted by Gasteiger charge is 2.60. The van der Waals surface area contributed by atoms with E-state index in [0.717, 1.165) is 26.7 Å². The first-order chi connectivity index (χ1) is 35.9. The molecule has 6 aromatic rings. The molecule has 1 aromatic heterocycles. The van der Waals surface area contributed by atoms with Crippen LogP contribution in [0.1, 0.15) is 128 Å². The zero-order valence-electron chi connectivity index (χ0n) is 46.1. The van der Waals surface area contributed by atoms with Gasteiger partial charge in [-0.25, -0.2) is 4.99 Å².